The van der Waals surface area contributed by atoms with Gasteiger partial charge in [0.1, 0.15) is 5.84 Å². The maximum atomic E-state index is 12.9. The molecule has 0 aliphatic heterocycles. The number of amidine groups is 1. The molecule has 1 aromatic carbocycles. The van der Waals surface area contributed by atoms with Crippen molar-refractivity contribution in [2.75, 3.05) is 0 Å². The second-order valence-corrected chi connectivity index (χ2v) is 9.70. The number of rotatable bonds is 6. The Morgan fingerprint density at radius 2 is 1.58 bits per heavy atom. The predicted octanol–water partition coefficient (Wildman–Crippen LogP) is 5.17. The molecular formula is C21H34N2O2S. The number of hydrogen-bond donors (Lipinski definition) is 0. The van der Waals surface area contributed by atoms with Crippen LogP contribution in [0, 0.1) is 12.8 Å². The van der Waals surface area contributed by atoms with Crippen molar-refractivity contribution >= 4 is 15.9 Å². The Morgan fingerprint density at radius 3 is 2.08 bits per heavy atom. The minimum Gasteiger partial charge on any atom is -0.354 e. The Labute approximate surface area is 159 Å². The molecule has 0 radical (unpaired) electrons. The molecule has 0 saturated heterocycles. The minimum atomic E-state index is -3.69. The minimum absolute atomic E-state index is 0.213. The third kappa shape index (κ3) is 5.57. The second-order valence-electron chi connectivity index (χ2n) is 8.10. The Morgan fingerprint density at radius 1 is 1.04 bits per heavy atom. The quantitative estimate of drug-likeness (QED) is 0.507. The monoisotopic (exact) mass is 378 g/mol. The Kier molecular flexibility index (Phi) is 7.27. The zero-order chi connectivity index (χ0) is 19.3. The second kappa shape index (κ2) is 9.03. The summed E-state index contributed by atoms with van der Waals surface area (Å²) in [5, 5.41) is 0. The lowest BCUT2D eigenvalue weighted by molar-refractivity contribution is 0.273. The molecule has 0 bridgehead atoms. The van der Waals surface area contributed by atoms with Crippen LogP contribution in [0.25, 0.3) is 0 Å². The van der Waals surface area contributed by atoms with E-state index in [1.165, 1.54) is 32.1 Å². The summed E-state index contributed by atoms with van der Waals surface area (Å²) in [6.07, 6.45) is 6.88. The molecule has 0 N–H and O–H groups in total. The Balaban J connectivity index is 2.39. The van der Waals surface area contributed by atoms with Crippen LogP contribution < -0.4 is 0 Å². The van der Waals surface area contributed by atoms with Gasteiger partial charge in [-0.2, -0.15) is 8.42 Å². The van der Waals surface area contributed by atoms with Gasteiger partial charge in [0, 0.05) is 18.5 Å². The lowest BCUT2D eigenvalue weighted by Gasteiger charge is -2.35. The lowest BCUT2D eigenvalue weighted by Crippen LogP contribution is -2.43. The molecule has 4 nitrogen and oxygen atoms in total. The van der Waals surface area contributed by atoms with E-state index in [2.05, 4.69) is 37.0 Å². The Bertz CT molecular complexity index is 692. The molecule has 0 atom stereocenters. The third-order valence-corrected chi connectivity index (χ3v) is 6.47. The summed E-state index contributed by atoms with van der Waals surface area (Å²) >= 11 is 0. The molecule has 0 aromatic heterocycles. The van der Waals surface area contributed by atoms with Crippen molar-refractivity contribution in [2.45, 2.75) is 90.1 Å². The predicted molar refractivity (Wildman–Crippen MR) is 109 cm³/mol. The van der Waals surface area contributed by atoms with E-state index in [-0.39, 0.29) is 17.0 Å². The first-order chi connectivity index (χ1) is 12.2. The number of aryl methyl sites for hydroxylation is 1. The summed E-state index contributed by atoms with van der Waals surface area (Å²) in [5.41, 5.74) is 1.04. The molecule has 1 fully saturated rings. The fraction of sp³-hybridized carbons (Fsp3) is 0.667. The SMILES string of the molecule is Cc1ccc(S(=O)(=O)N=C(CC2CCCCC2)N(C(C)C)C(C)C)cc1. The highest BCUT2D eigenvalue weighted by Crippen LogP contribution is 2.29. The fourth-order valence-electron chi connectivity index (χ4n) is 3.93. The normalized spacial score (nSPS) is 17.1. The smallest absolute Gasteiger partial charge is 0.283 e. The summed E-state index contributed by atoms with van der Waals surface area (Å²) in [6.45, 7) is 10.4. The standard InChI is InChI=1S/C21H34N2O2S/c1-16(2)23(17(3)4)21(15-19-9-7-6-8-10-19)22-26(24,25)20-13-11-18(5)12-14-20/h11-14,16-17,19H,6-10,15H2,1-5H3. The first-order valence-corrected chi connectivity index (χ1v) is 11.3. The first kappa shape index (κ1) is 20.9. The van der Waals surface area contributed by atoms with Gasteiger partial charge in [-0.05, 0) is 52.7 Å². The molecule has 1 saturated carbocycles. The molecule has 0 spiro atoms. The van der Waals surface area contributed by atoms with Gasteiger partial charge in [-0.15, -0.1) is 4.40 Å². The van der Waals surface area contributed by atoms with Gasteiger partial charge in [-0.3, -0.25) is 0 Å². The van der Waals surface area contributed by atoms with Crippen LogP contribution in [0.3, 0.4) is 0 Å². The molecule has 1 aliphatic rings. The topological polar surface area (TPSA) is 49.7 Å². The van der Waals surface area contributed by atoms with Gasteiger partial charge in [0.25, 0.3) is 10.0 Å². The number of nitrogens with zero attached hydrogens (tertiary/aromatic N) is 2. The molecule has 1 aliphatic carbocycles. The molecule has 0 heterocycles. The van der Waals surface area contributed by atoms with Gasteiger partial charge in [0.15, 0.2) is 0 Å². The molecule has 5 heteroatoms. The van der Waals surface area contributed by atoms with Crippen molar-refractivity contribution in [1.29, 1.82) is 0 Å². The molecule has 26 heavy (non-hydrogen) atoms. The summed E-state index contributed by atoms with van der Waals surface area (Å²) in [5.74, 6) is 1.26. The molecule has 1 aromatic rings. The largest absolute Gasteiger partial charge is 0.354 e. The molecular weight excluding hydrogens is 344 g/mol. The van der Waals surface area contributed by atoms with E-state index in [0.717, 1.165) is 17.8 Å². The maximum absolute atomic E-state index is 12.9. The first-order valence-electron chi connectivity index (χ1n) is 9.89. The van der Waals surface area contributed by atoms with Crippen LogP contribution in [-0.4, -0.2) is 31.2 Å². The van der Waals surface area contributed by atoms with E-state index in [1.807, 2.05) is 19.1 Å². The highest BCUT2D eigenvalue weighted by atomic mass is 32.2. The summed E-state index contributed by atoms with van der Waals surface area (Å²) in [7, 11) is -3.69. The van der Waals surface area contributed by atoms with Crippen LogP contribution in [-0.2, 0) is 10.0 Å². The van der Waals surface area contributed by atoms with E-state index < -0.39 is 10.0 Å². The fourth-order valence-corrected chi connectivity index (χ4v) is 4.97. The van der Waals surface area contributed by atoms with Gasteiger partial charge in [-0.25, -0.2) is 0 Å². The van der Waals surface area contributed by atoms with Crippen molar-refractivity contribution in [3.63, 3.8) is 0 Å². The number of sulfonamides is 1. The number of hydrogen-bond acceptors (Lipinski definition) is 2. The van der Waals surface area contributed by atoms with E-state index in [4.69, 9.17) is 0 Å². The summed E-state index contributed by atoms with van der Waals surface area (Å²) in [6, 6.07) is 7.39. The average Bonchev–Trinajstić information content (AvgIpc) is 2.55. The summed E-state index contributed by atoms with van der Waals surface area (Å²) in [4.78, 5) is 2.44. The maximum Gasteiger partial charge on any atom is 0.283 e. The van der Waals surface area contributed by atoms with Gasteiger partial charge < -0.3 is 4.90 Å². The van der Waals surface area contributed by atoms with Gasteiger partial charge >= 0.3 is 0 Å². The molecule has 146 valence electrons. The molecule has 2 rings (SSSR count). The third-order valence-electron chi connectivity index (χ3n) is 5.15. The zero-order valence-electron chi connectivity index (χ0n) is 16.9. The van der Waals surface area contributed by atoms with Crippen LogP contribution in [0.1, 0.15) is 71.8 Å². The van der Waals surface area contributed by atoms with Crippen molar-refractivity contribution in [2.24, 2.45) is 10.3 Å². The van der Waals surface area contributed by atoms with Crippen molar-refractivity contribution in [3.05, 3.63) is 29.8 Å². The lowest BCUT2D eigenvalue weighted by atomic mass is 9.86. The van der Waals surface area contributed by atoms with E-state index in [1.54, 1.807) is 12.1 Å². The van der Waals surface area contributed by atoms with Gasteiger partial charge in [0.05, 0.1) is 4.90 Å². The summed E-state index contributed by atoms with van der Waals surface area (Å²) < 4.78 is 30.2. The van der Waals surface area contributed by atoms with E-state index in [9.17, 15) is 8.42 Å². The van der Waals surface area contributed by atoms with Crippen molar-refractivity contribution < 1.29 is 8.42 Å². The highest BCUT2D eigenvalue weighted by Gasteiger charge is 2.26. The van der Waals surface area contributed by atoms with Gasteiger partial charge in [-0.1, -0.05) is 49.8 Å². The van der Waals surface area contributed by atoms with Crippen LogP contribution in [0.4, 0.5) is 0 Å². The molecule has 0 unspecified atom stereocenters. The van der Waals surface area contributed by atoms with E-state index in [0.29, 0.717) is 5.92 Å². The van der Waals surface area contributed by atoms with Crippen molar-refractivity contribution in [3.8, 4) is 0 Å². The van der Waals surface area contributed by atoms with Gasteiger partial charge in [0.2, 0.25) is 0 Å². The Hall–Kier alpha value is -1.36. The van der Waals surface area contributed by atoms with Crippen LogP contribution in [0.2, 0.25) is 0 Å². The van der Waals surface area contributed by atoms with Crippen LogP contribution in [0.15, 0.2) is 33.6 Å². The van der Waals surface area contributed by atoms with Crippen LogP contribution in [0.5, 0.6) is 0 Å². The highest BCUT2D eigenvalue weighted by molar-refractivity contribution is 7.90. The zero-order valence-corrected chi connectivity index (χ0v) is 17.7. The van der Waals surface area contributed by atoms with E-state index >= 15 is 0 Å². The van der Waals surface area contributed by atoms with Crippen LogP contribution >= 0.6 is 0 Å². The number of benzene rings is 1. The average molecular weight is 379 g/mol. The van der Waals surface area contributed by atoms with Crippen molar-refractivity contribution in [1.82, 2.24) is 4.90 Å². The molecule has 0 amide bonds.